The van der Waals surface area contributed by atoms with Crippen molar-refractivity contribution >= 4 is 0 Å². The maximum Gasteiger partial charge on any atom is 0.411 e. The van der Waals surface area contributed by atoms with Crippen molar-refractivity contribution in [2.45, 2.75) is 58.4 Å². The summed E-state index contributed by atoms with van der Waals surface area (Å²) in [5.41, 5.74) is 0. The molecule has 0 fully saturated rings. The van der Waals surface area contributed by atoms with Crippen LogP contribution in [-0.4, -0.2) is 35.5 Å². The average molecular weight is 309 g/mol. The highest BCUT2D eigenvalue weighted by Gasteiger charge is 2.27. The molecule has 1 aromatic rings. The second-order valence-corrected chi connectivity index (χ2v) is 4.86. The predicted octanol–water partition coefficient (Wildman–Crippen LogP) is 2.86. The highest BCUT2D eigenvalue weighted by atomic mass is 19.4. The van der Waals surface area contributed by atoms with Crippen LogP contribution in [0.5, 0.6) is 0 Å². The van der Waals surface area contributed by atoms with Gasteiger partial charge in [0.15, 0.2) is 5.82 Å². The Hall–Kier alpha value is -1.15. The molecule has 1 aromatic heterocycles. The molecule has 0 aliphatic carbocycles. The van der Waals surface area contributed by atoms with E-state index in [-0.39, 0.29) is 18.5 Å². The van der Waals surface area contributed by atoms with Crippen molar-refractivity contribution in [1.82, 2.24) is 15.5 Å². The number of hydrogen-bond donors (Lipinski definition) is 1. The van der Waals surface area contributed by atoms with E-state index in [0.29, 0.717) is 12.3 Å². The van der Waals surface area contributed by atoms with Crippen LogP contribution in [0.4, 0.5) is 13.2 Å². The Morgan fingerprint density at radius 3 is 2.67 bits per heavy atom. The van der Waals surface area contributed by atoms with Crippen LogP contribution in [0.3, 0.4) is 0 Å². The lowest BCUT2D eigenvalue weighted by atomic mass is 10.1. The fourth-order valence-corrected chi connectivity index (χ4v) is 1.87. The Labute approximate surface area is 122 Å². The minimum Gasteiger partial charge on any atom is -0.364 e. The fourth-order valence-electron chi connectivity index (χ4n) is 1.87. The van der Waals surface area contributed by atoms with Crippen LogP contribution in [0.2, 0.25) is 0 Å². The average Bonchev–Trinajstić information content (AvgIpc) is 2.82. The number of hydrogen-bond acceptors (Lipinski definition) is 5. The molecule has 0 bridgehead atoms. The molecule has 21 heavy (non-hydrogen) atoms. The molecule has 0 aromatic carbocycles. The van der Waals surface area contributed by atoms with Crippen LogP contribution in [0.1, 0.15) is 44.8 Å². The molecule has 0 aliphatic heterocycles. The molecular weight excluding hydrogens is 287 g/mol. The lowest BCUT2D eigenvalue weighted by Gasteiger charge is -2.15. The molecule has 1 N–H and O–H groups in total. The van der Waals surface area contributed by atoms with E-state index in [4.69, 9.17) is 4.52 Å². The third-order valence-corrected chi connectivity index (χ3v) is 2.75. The largest absolute Gasteiger partial charge is 0.411 e. The lowest BCUT2D eigenvalue weighted by molar-refractivity contribution is -0.177. The van der Waals surface area contributed by atoms with Crippen molar-refractivity contribution in [2.75, 3.05) is 13.2 Å². The van der Waals surface area contributed by atoms with Gasteiger partial charge in [0, 0.05) is 12.5 Å². The normalized spacial score (nSPS) is 13.6. The first-order chi connectivity index (χ1) is 9.94. The molecular formula is C13H22F3N3O2. The van der Waals surface area contributed by atoms with E-state index in [2.05, 4.69) is 34.0 Å². The molecule has 0 amide bonds. The standard InChI is InChI=1S/C13H22F3N3O2/c1-3-5-10(17-6-4-2)7-12-18-11(19-21-12)8-20-9-13(14,15)16/h10,17H,3-9H2,1-2H3. The SMILES string of the molecule is CCCNC(CCC)Cc1nc(COCC(F)(F)F)no1. The van der Waals surface area contributed by atoms with E-state index in [9.17, 15) is 13.2 Å². The van der Waals surface area contributed by atoms with Crippen molar-refractivity contribution in [2.24, 2.45) is 0 Å². The molecule has 0 aliphatic rings. The van der Waals surface area contributed by atoms with Crippen molar-refractivity contribution in [1.29, 1.82) is 0 Å². The Morgan fingerprint density at radius 2 is 2.05 bits per heavy atom. The summed E-state index contributed by atoms with van der Waals surface area (Å²) < 4.78 is 45.4. The maximum absolute atomic E-state index is 11.9. The van der Waals surface area contributed by atoms with Gasteiger partial charge in [0.05, 0.1) is 0 Å². The summed E-state index contributed by atoms with van der Waals surface area (Å²) in [5.74, 6) is 0.558. The molecule has 1 heterocycles. The van der Waals surface area contributed by atoms with Crippen LogP contribution in [0, 0.1) is 0 Å². The van der Waals surface area contributed by atoms with Crippen LogP contribution >= 0.6 is 0 Å². The van der Waals surface area contributed by atoms with E-state index in [1.165, 1.54) is 0 Å². The van der Waals surface area contributed by atoms with E-state index in [0.717, 1.165) is 25.8 Å². The van der Waals surface area contributed by atoms with Crippen molar-refractivity contribution in [3.05, 3.63) is 11.7 Å². The topological polar surface area (TPSA) is 60.2 Å². The molecule has 122 valence electrons. The summed E-state index contributed by atoms with van der Waals surface area (Å²) in [7, 11) is 0. The summed E-state index contributed by atoms with van der Waals surface area (Å²) in [6, 6.07) is 0.236. The van der Waals surface area contributed by atoms with Gasteiger partial charge in [-0.1, -0.05) is 25.4 Å². The van der Waals surface area contributed by atoms with E-state index < -0.39 is 12.8 Å². The zero-order valence-corrected chi connectivity index (χ0v) is 12.4. The van der Waals surface area contributed by atoms with Crippen LogP contribution in [0.15, 0.2) is 4.52 Å². The Bertz CT molecular complexity index is 396. The van der Waals surface area contributed by atoms with Gasteiger partial charge in [-0.05, 0) is 19.4 Å². The summed E-state index contributed by atoms with van der Waals surface area (Å²) >= 11 is 0. The Morgan fingerprint density at radius 1 is 1.29 bits per heavy atom. The third kappa shape index (κ3) is 8.01. The number of nitrogens with zero attached hydrogens (tertiary/aromatic N) is 2. The first kappa shape index (κ1) is 17.9. The smallest absolute Gasteiger partial charge is 0.364 e. The predicted molar refractivity (Wildman–Crippen MR) is 70.7 cm³/mol. The maximum atomic E-state index is 11.9. The van der Waals surface area contributed by atoms with Gasteiger partial charge >= 0.3 is 6.18 Å². The van der Waals surface area contributed by atoms with Crippen molar-refractivity contribution in [3.8, 4) is 0 Å². The van der Waals surface area contributed by atoms with E-state index >= 15 is 0 Å². The molecule has 1 unspecified atom stereocenters. The first-order valence-corrected chi connectivity index (χ1v) is 7.14. The van der Waals surface area contributed by atoms with E-state index in [1.807, 2.05) is 0 Å². The van der Waals surface area contributed by atoms with Crippen LogP contribution < -0.4 is 5.32 Å². The number of alkyl halides is 3. The first-order valence-electron chi connectivity index (χ1n) is 7.14. The van der Waals surface area contributed by atoms with Gasteiger partial charge in [-0.25, -0.2) is 0 Å². The molecule has 0 radical (unpaired) electrons. The third-order valence-electron chi connectivity index (χ3n) is 2.75. The van der Waals surface area contributed by atoms with Gasteiger partial charge in [0.1, 0.15) is 13.2 Å². The molecule has 5 nitrogen and oxygen atoms in total. The van der Waals surface area contributed by atoms with Crippen LogP contribution in [-0.2, 0) is 17.8 Å². The number of halogens is 3. The minimum atomic E-state index is -4.34. The van der Waals surface area contributed by atoms with Gasteiger partial charge in [0.2, 0.25) is 5.89 Å². The summed E-state index contributed by atoms with van der Waals surface area (Å²) in [6.45, 7) is 3.46. The monoisotopic (exact) mass is 309 g/mol. The molecule has 8 heteroatoms. The number of aromatic nitrogens is 2. The summed E-state index contributed by atoms with van der Waals surface area (Å²) in [6.07, 6.45) is -0.747. The van der Waals surface area contributed by atoms with Crippen molar-refractivity contribution in [3.63, 3.8) is 0 Å². The molecule has 1 atom stereocenters. The molecule has 0 saturated carbocycles. The highest BCUT2D eigenvalue weighted by molar-refractivity contribution is 4.88. The van der Waals surface area contributed by atoms with Gasteiger partial charge in [-0.3, -0.25) is 0 Å². The highest BCUT2D eigenvalue weighted by Crippen LogP contribution is 2.15. The summed E-state index contributed by atoms with van der Waals surface area (Å²) in [5, 5.41) is 7.01. The minimum absolute atomic E-state index is 0.139. The van der Waals surface area contributed by atoms with Crippen molar-refractivity contribution < 1.29 is 22.4 Å². The van der Waals surface area contributed by atoms with Gasteiger partial charge in [0.25, 0.3) is 0 Å². The zero-order chi connectivity index (χ0) is 15.7. The summed E-state index contributed by atoms with van der Waals surface area (Å²) in [4.78, 5) is 4.05. The molecule has 1 rings (SSSR count). The molecule has 0 saturated heterocycles. The van der Waals surface area contributed by atoms with E-state index in [1.54, 1.807) is 0 Å². The molecule has 0 spiro atoms. The fraction of sp³-hybridized carbons (Fsp3) is 0.846. The Balaban J connectivity index is 2.41. The van der Waals surface area contributed by atoms with Crippen LogP contribution in [0.25, 0.3) is 0 Å². The zero-order valence-electron chi connectivity index (χ0n) is 12.4. The number of ether oxygens (including phenoxy) is 1. The number of nitrogens with one attached hydrogen (secondary N) is 1. The quantitative estimate of drug-likeness (QED) is 0.720. The van der Waals surface area contributed by atoms with Gasteiger partial charge in [-0.2, -0.15) is 18.2 Å². The number of rotatable bonds is 10. The lowest BCUT2D eigenvalue weighted by Crippen LogP contribution is -2.31. The van der Waals surface area contributed by atoms with Gasteiger partial charge < -0.3 is 14.6 Å². The second-order valence-electron chi connectivity index (χ2n) is 4.86. The van der Waals surface area contributed by atoms with Gasteiger partial charge in [-0.15, -0.1) is 0 Å². The second kappa shape index (κ2) is 8.99. The Kier molecular flexibility index (Phi) is 7.66.